The van der Waals surface area contributed by atoms with Crippen molar-refractivity contribution in [3.63, 3.8) is 0 Å². The number of ether oxygens (including phenoxy) is 1. The molecule has 2 nitrogen and oxygen atoms in total. The Bertz CT molecular complexity index is 479. The molecule has 0 saturated heterocycles. The molecule has 112 valence electrons. The van der Waals surface area contributed by atoms with Crippen molar-refractivity contribution in [2.24, 2.45) is 10.8 Å². The molecule has 1 rings (SSSR count). The maximum atomic E-state index is 13.9. The van der Waals surface area contributed by atoms with Crippen LogP contribution in [0.1, 0.15) is 58.3 Å². The minimum Gasteiger partial charge on any atom is -0.490 e. The Balaban J connectivity index is 2.98. The summed E-state index contributed by atoms with van der Waals surface area (Å²) in [6, 6.07) is 4.50. The number of carbonyl (C=O) groups is 1. The van der Waals surface area contributed by atoms with Gasteiger partial charge in [-0.25, -0.2) is 4.39 Å². The van der Waals surface area contributed by atoms with Crippen molar-refractivity contribution in [2.45, 2.75) is 48.0 Å². The Kier molecular flexibility index (Phi) is 4.95. The largest absolute Gasteiger partial charge is 0.490 e. The van der Waals surface area contributed by atoms with Crippen LogP contribution in [0.25, 0.3) is 0 Å². The van der Waals surface area contributed by atoms with Crippen LogP contribution in [0.3, 0.4) is 0 Å². The van der Waals surface area contributed by atoms with E-state index in [9.17, 15) is 9.18 Å². The number of halogens is 1. The van der Waals surface area contributed by atoms with E-state index in [1.807, 2.05) is 20.8 Å². The van der Waals surface area contributed by atoms with E-state index < -0.39 is 11.2 Å². The van der Waals surface area contributed by atoms with E-state index in [2.05, 4.69) is 20.8 Å². The Hall–Kier alpha value is -1.38. The molecule has 0 aliphatic carbocycles. The summed E-state index contributed by atoms with van der Waals surface area (Å²) >= 11 is 0. The first kappa shape index (κ1) is 16.7. The summed E-state index contributed by atoms with van der Waals surface area (Å²) in [6.07, 6.45) is 0.796. The molecule has 0 aromatic heterocycles. The second-order valence-corrected chi connectivity index (χ2v) is 7.35. The van der Waals surface area contributed by atoms with E-state index >= 15 is 0 Å². The molecule has 0 N–H and O–H groups in total. The van der Waals surface area contributed by atoms with Gasteiger partial charge in [0.05, 0.1) is 12.2 Å². The third-order valence-corrected chi connectivity index (χ3v) is 2.99. The maximum absolute atomic E-state index is 13.9. The zero-order valence-corrected chi connectivity index (χ0v) is 13.3. The Morgan fingerprint density at radius 1 is 1.15 bits per heavy atom. The fraction of sp³-hybridized carbons (Fsp3) is 0.588. The van der Waals surface area contributed by atoms with Gasteiger partial charge in [-0.3, -0.25) is 4.79 Å². The van der Waals surface area contributed by atoms with Crippen LogP contribution in [0.4, 0.5) is 4.39 Å². The van der Waals surface area contributed by atoms with Gasteiger partial charge in [0, 0.05) is 5.41 Å². The number of carbonyl (C=O) groups excluding carboxylic acids is 1. The molecule has 0 amide bonds. The molecule has 0 unspecified atom stereocenters. The Morgan fingerprint density at radius 3 is 2.25 bits per heavy atom. The zero-order chi connectivity index (χ0) is 15.6. The SMILES string of the molecule is CC(C)(C)CCOc1c(F)cccc1C(=O)C(C)(C)C. The second kappa shape index (κ2) is 5.94. The predicted octanol–water partition coefficient (Wildman–Crippen LogP) is 4.87. The number of rotatable bonds is 4. The van der Waals surface area contributed by atoms with Gasteiger partial charge >= 0.3 is 0 Å². The lowest BCUT2D eigenvalue weighted by Gasteiger charge is -2.21. The van der Waals surface area contributed by atoms with Crippen LogP contribution in [0.5, 0.6) is 5.75 Å². The Morgan fingerprint density at radius 2 is 1.75 bits per heavy atom. The van der Waals surface area contributed by atoms with Gasteiger partial charge < -0.3 is 4.74 Å². The van der Waals surface area contributed by atoms with Crippen LogP contribution in [0.15, 0.2) is 18.2 Å². The van der Waals surface area contributed by atoms with Crippen molar-refractivity contribution in [1.29, 1.82) is 0 Å². The average molecular weight is 280 g/mol. The maximum Gasteiger partial charge on any atom is 0.172 e. The summed E-state index contributed by atoms with van der Waals surface area (Å²) in [5.74, 6) is -0.506. The molecule has 20 heavy (non-hydrogen) atoms. The van der Waals surface area contributed by atoms with E-state index in [0.717, 1.165) is 6.42 Å². The summed E-state index contributed by atoms with van der Waals surface area (Å²) < 4.78 is 19.5. The third-order valence-electron chi connectivity index (χ3n) is 2.99. The van der Waals surface area contributed by atoms with Crippen LogP contribution in [-0.2, 0) is 0 Å². The molecule has 0 radical (unpaired) electrons. The molecule has 3 heteroatoms. The van der Waals surface area contributed by atoms with Gasteiger partial charge in [-0.05, 0) is 24.0 Å². The molecule has 0 bridgehead atoms. The van der Waals surface area contributed by atoms with Gasteiger partial charge in [0.15, 0.2) is 17.3 Å². The normalized spacial score (nSPS) is 12.3. The van der Waals surface area contributed by atoms with Crippen LogP contribution >= 0.6 is 0 Å². The molecule has 0 saturated carbocycles. The van der Waals surface area contributed by atoms with Gasteiger partial charge in [-0.1, -0.05) is 47.6 Å². The average Bonchev–Trinajstić information content (AvgIpc) is 2.27. The van der Waals surface area contributed by atoms with E-state index in [-0.39, 0.29) is 16.9 Å². The Labute approximate surface area is 121 Å². The standard InChI is InChI=1S/C17H25FO2/c1-16(2,3)10-11-20-14-12(8-7-9-13(14)18)15(19)17(4,5)6/h7-9H,10-11H2,1-6H3. The predicted molar refractivity (Wildman–Crippen MR) is 79.8 cm³/mol. The number of ketones is 1. The highest BCUT2D eigenvalue weighted by atomic mass is 19.1. The summed E-state index contributed by atoms with van der Waals surface area (Å²) in [5.41, 5.74) is -0.124. The van der Waals surface area contributed by atoms with Gasteiger partial charge in [0.25, 0.3) is 0 Å². The first-order valence-electron chi connectivity index (χ1n) is 6.98. The lowest BCUT2D eigenvalue weighted by Crippen LogP contribution is -2.22. The second-order valence-electron chi connectivity index (χ2n) is 7.35. The molecule has 0 spiro atoms. The highest BCUT2D eigenvalue weighted by molar-refractivity contribution is 6.02. The molecule has 1 aromatic carbocycles. The molecule has 1 aromatic rings. The molecule has 0 atom stereocenters. The van der Waals surface area contributed by atoms with Gasteiger partial charge in [-0.2, -0.15) is 0 Å². The summed E-state index contributed by atoms with van der Waals surface area (Å²) in [4.78, 5) is 12.4. The minimum atomic E-state index is -0.560. The van der Waals surface area contributed by atoms with E-state index in [4.69, 9.17) is 4.74 Å². The number of hydrogen-bond donors (Lipinski definition) is 0. The lowest BCUT2D eigenvalue weighted by molar-refractivity contribution is 0.0852. The molecule has 0 aliphatic rings. The lowest BCUT2D eigenvalue weighted by atomic mass is 9.86. The minimum absolute atomic E-state index is 0.0803. The van der Waals surface area contributed by atoms with E-state index in [1.165, 1.54) is 6.07 Å². The number of para-hydroxylation sites is 1. The van der Waals surface area contributed by atoms with Crippen molar-refractivity contribution in [3.05, 3.63) is 29.6 Å². The fourth-order valence-electron chi connectivity index (χ4n) is 1.70. The first-order valence-corrected chi connectivity index (χ1v) is 6.98. The summed E-state index contributed by atoms with van der Waals surface area (Å²) in [5, 5.41) is 0. The summed E-state index contributed by atoms with van der Waals surface area (Å²) in [7, 11) is 0. The molecule has 0 aliphatic heterocycles. The van der Waals surface area contributed by atoms with Crippen molar-refractivity contribution in [2.75, 3.05) is 6.61 Å². The van der Waals surface area contributed by atoms with Crippen LogP contribution in [-0.4, -0.2) is 12.4 Å². The van der Waals surface area contributed by atoms with Gasteiger partial charge in [0.2, 0.25) is 0 Å². The van der Waals surface area contributed by atoms with Crippen LogP contribution in [0.2, 0.25) is 0 Å². The zero-order valence-electron chi connectivity index (χ0n) is 13.3. The van der Waals surface area contributed by atoms with Crippen LogP contribution in [0, 0.1) is 16.6 Å². The molecule has 0 heterocycles. The number of Topliss-reactive ketones (excluding diaryl/α,β-unsaturated/α-hetero) is 1. The van der Waals surface area contributed by atoms with Crippen molar-refractivity contribution < 1.29 is 13.9 Å². The number of hydrogen-bond acceptors (Lipinski definition) is 2. The molecule has 0 fully saturated rings. The number of benzene rings is 1. The van der Waals surface area contributed by atoms with Crippen molar-refractivity contribution >= 4 is 5.78 Å². The highest BCUT2D eigenvalue weighted by Gasteiger charge is 2.27. The van der Waals surface area contributed by atoms with Gasteiger partial charge in [0.1, 0.15) is 0 Å². The smallest absolute Gasteiger partial charge is 0.172 e. The highest BCUT2D eigenvalue weighted by Crippen LogP contribution is 2.30. The van der Waals surface area contributed by atoms with E-state index in [0.29, 0.717) is 12.2 Å². The third kappa shape index (κ3) is 4.62. The van der Waals surface area contributed by atoms with E-state index in [1.54, 1.807) is 12.1 Å². The monoisotopic (exact) mass is 280 g/mol. The molecular weight excluding hydrogens is 255 g/mol. The van der Waals surface area contributed by atoms with Gasteiger partial charge in [-0.15, -0.1) is 0 Å². The quantitative estimate of drug-likeness (QED) is 0.735. The van der Waals surface area contributed by atoms with Crippen molar-refractivity contribution in [1.82, 2.24) is 0 Å². The fourth-order valence-corrected chi connectivity index (χ4v) is 1.70. The topological polar surface area (TPSA) is 26.3 Å². The first-order chi connectivity index (χ1) is 9.02. The molecular formula is C17H25FO2. The summed E-state index contributed by atoms with van der Waals surface area (Å²) in [6.45, 7) is 12.1. The van der Waals surface area contributed by atoms with Crippen LogP contribution < -0.4 is 4.74 Å². The van der Waals surface area contributed by atoms with Crippen molar-refractivity contribution in [3.8, 4) is 5.75 Å².